The van der Waals surface area contributed by atoms with Gasteiger partial charge in [0.25, 0.3) is 5.91 Å². The predicted octanol–water partition coefficient (Wildman–Crippen LogP) is 4.11. The zero-order valence-corrected chi connectivity index (χ0v) is 14.9. The van der Waals surface area contributed by atoms with E-state index >= 15 is 0 Å². The molecule has 132 valence electrons. The molecule has 2 heterocycles. The second-order valence-electron chi connectivity index (χ2n) is 6.31. The minimum Gasteiger partial charge on any atom is -0.496 e. The number of rotatable bonds is 5. The molecule has 1 fully saturated rings. The van der Waals surface area contributed by atoms with E-state index in [1.54, 1.807) is 25.4 Å². The fourth-order valence-electron chi connectivity index (χ4n) is 3.39. The number of carbonyl (C=O) groups excluding carboxylic acids is 1. The number of nitrogens with one attached hydrogen (secondary N) is 1. The lowest BCUT2D eigenvalue weighted by molar-refractivity contribution is 0.102. The molecule has 0 bridgehead atoms. The second kappa shape index (κ2) is 8.01. The zero-order valence-electron chi connectivity index (χ0n) is 14.9. The number of hydrogen-bond acceptors (Lipinski definition) is 4. The summed E-state index contributed by atoms with van der Waals surface area (Å²) in [5.41, 5.74) is 1.20. The first-order chi connectivity index (χ1) is 12.2. The summed E-state index contributed by atoms with van der Waals surface area (Å²) in [6, 6.07) is 11.7. The Kier molecular flexibility index (Phi) is 5.53. The van der Waals surface area contributed by atoms with Gasteiger partial charge in [-0.3, -0.25) is 4.79 Å². The highest BCUT2D eigenvalue weighted by Crippen LogP contribution is 2.26. The highest BCUT2D eigenvalue weighted by atomic mass is 16.5. The number of piperidine rings is 1. The summed E-state index contributed by atoms with van der Waals surface area (Å²) < 4.78 is 5.24. The highest BCUT2D eigenvalue weighted by Gasteiger charge is 2.22. The van der Waals surface area contributed by atoms with Crippen molar-refractivity contribution in [2.75, 3.05) is 23.9 Å². The third kappa shape index (κ3) is 3.92. The van der Waals surface area contributed by atoms with E-state index in [1.807, 2.05) is 24.3 Å². The van der Waals surface area contributed by atoms with Crippen molar-refractivity contribution in [2.24, 2.45) is 0 Å². The average Bonchev–Trinajstić information content (AvgIpc) is 2.68. The first kappa shape index (κ1) is 17.3. The molecule has 2 aromatic rings. The Hall–Kier alpha value is -2.56. The Morgan fingerprint density at radius 3 is 2.84 bits per heavy atom. The van der Waals surface area contributed by atoms with Gasteiger partial charge in [-0.15, -0.1) is 0 Å². The fourth-order valence-corrected chi connectivity index (χ4v) is 3.39. The van der Waals surface area contributed by atoms with Crippen molar-refractivity contribution in [3.05, 3.63) is 48.2 Å². The fraction of sp³-hybridized carbons (Fsp3) is 0.400. The van der Waals surface area contributed by atoms with Crippen LogP contribution < -0.4 is 15.0 Å². The summed E-state index contributed by atoms with van der Waals surface area (Å²) in [5.74, 6) is 1.35. The molecule has 0 spiro atoms. The summed E-state index contributed by atoms with van der Waals surface area (Å²) >= 11 is 0. The quantitative estimate of drug-likeness (QED) is 0.890. The molecule has 0 aliphatic carbocycles. The Morgan fingerprint density at radius 2 is 2.12 bits per heavy atom. The molecular weight excluding hydrogens is 314 g/mol. The molecule has 1 aromatic carbocycles. The van der Waals surface area contributed by atoms with Gasteiger partial charge in [0, 0.05) is 12.6 Å². The van der Waals surface area contributed by atoms with E-state index in [4.69, 9.17) is 4.74 Å². The van der Waals surface area contributed by atoms with Gasteiger partial charge in [0.1, 0.15) is 11.6 Å². The Balaban J connectivity index is 1.71. The smallest absolute Gasteiger partial charge is 0.259 e. The number of anilines is 2. The number of benzene rings is 1. The number of carbonyl (C=O) groups is 1. The molecule has 1 aromatic heterocycles. The van der Waals surface area contributed by atoms with Crippen molar-refractivity contribution in [3.63, 3.8) is 0 Å². The minimum atomic E-state index is -0.198. The molecule has 1 aliphatic heterocycles. The van der Waals surface area contributed by atoms with Gasteiger partial charge < -0.3 is 15.0 Å². The molecule has 1 N–H and O–H groups in total. The number of ether oxygens (including phenoxy) is 1. The van der Waals surface area contributed by atoms with Crippen LogP contribution in [0.1, 0.15) is 43.0 Å². The van der Waals surface area contributed by atoms with Crippen LogP contribution in [0.5, 0.6) is 5.75 Å². The van der Waals surface area contributed by atoms with Crippen LogP contribution >= 0.6 is 0 Å². The normalized spacial score (nSPS) is 17.2. The molecule has 25 heavy (non-hydrogen) atoms. The molecule has 5 nitrogen and oxygen atoms in total. The number of para-hydroxylation sites is 1. The maximum Gasteiger partial charge on any atom is 0.259 e. The topological polar surface area (TPSA) is 54.5 Å². The zero-order chi connectivity index (χ0) is 17.6. The van der Waals surface area contributed by atoms with Gasteiger partial charge in [0.05, 0.1) is 24.6 Å². The molecule has 1 atom stereocenters. The number of pyridine rings is 1. The lowest BCUT2D eigenvalue weighted by atomic mass is 10.00. The first-order valence-electron chi connectivity index (χ1n) is 8.90. The van der Waals surface area contributed by atoms with Gasteiger partial charge in [-0.05, 0) is 49.9 Å². The third-order valence-electron chi connectivity index (χ3n) is 4.75. The molecule has 1 aliphatic rings. The van der Waals surface area contributed by atoms with Gasteiger partial charge in [-0.1, -0.05) is 19.1 Å². The molecule has 1 saturated heterocycles. The highest BCUT2D eigenvalue weighted by molar-refractivity contribution is 6.06. The number of amides is 1. The minimum absolute atomic E-state index is 0.198. The van der Waals surface area contributed by atoms with Crippen LogP contribution in [0.25, 0.3) is 0 Å². The maximum atomic E-state index is 12.4. The van der Waals surface area contributed by atoms with E-state index in [0.29, 0.717) is 23.0 Å². The van der Waals surface area contributed by atoms with E-state index < -0.39 is 0 Å². The maximum absolute atomic E-state index is 12.4. The molecule has 0 saturated carbocycles. The predicted molar refractivity (Wildman–Crippen MR) is 100 cm³/mol. The lowest BCUT2D eigenvalue weighted by Gasteiger charge is -2.36. The molecule has 3 rings (SSSR count). The lowest BCUT2D eigenvalue weighted by Crippen LogP contribution is -2.39. The Bertz CT molecular complexity index is 715. The molecular formula is C20H25N3O2. The average molecular weight is 339 g/mol. The van der Waals surface area contributed by atoms with Crippen molar-refractivity contribution in [1.29, 1.82) is 0 Å². The summed E-state index contributed by atoms with van der Waals surface area (Å²) in [6.07, 6.45) is 6.59. The van der Waals surface area contributed by atoms with Gasteiger partial charge in [-0.2, -0.15) is 0 Å². The largest absolute Gasteiger partial charge is 0.496 e. The van der Waals surface area contributed by atoms with Crippen molar-refractivity contribution in [2.45, 2.75) is 38.6 Å². The molecule has 1 amide bonds. The molecule has 5 heteroatoms. The van der Waals surface area contributed by atoms with Crippen LogP contribution in [0.3, 0.4) is 0 Å². The van der Waals surface area contributed by atoms with Crippen LogP contribution in [0.15, 0.2) is 42.6 Å². The second-order valence-corrected chi connectivity index (χ2v) is 6.31. The molecule has 1 unspecified atom stereocenters. The van der Waals surface area contributed by atoms with E-state index in [1.165, 1.54) is 19.3 Å². The monoisotopic (exact) mass is 339 g/mol. The van der Waals surface area contributed by atoms with Crippen molar-refractivity contribution in [3.8, 4) is 5.75 Å². The van der Waals surface area contributed by atoms with E-state index in [-0.39, 0.29) is 5.91 Å². The summed E-state index contributed by atoms with van der Waals surface area (Å²) in [4.78, 5) is 19.4. The SMILES string of the molecule is CCC1CCCCN1c1ccc(NC(=O)c2ccccc2OC)cn1. The first-order valence-corrected chi connectivity index (χ1v) is 8.90. The van der Waals surface area contributed by atoms with E-state index in [2.05, 4.69) is 22.1 Å². The van der Waals surface area contributed by atoms with Crippen LogP contribution in [0, 0.1) is 0 Å². The third-order valence-corrected chi connectivity index (χ3v) is 4.75. The van der Waals surface area contributed by atoms with Crippen molar-refractivity contribution < 1.29 is 9.53 Å². The number of nitrogens with zero attached hydrogens (tertiary/aromatic N) is 2. The van der Waals surface area contributed by atoms with Crippen LogP contribution in [-0.2, 0) is 0 Å². The number of hydrogen-bond donors (Lipinski definition) is 1. The van der Waals surface area contributed by atoms with Crippen molar-refractivity contribution >= 4 is 17.4 Å². The summed E-state index contributed by atoms with van der Waals surface area (Å²) in [6.45, 7) is 3.28. The standard InChI is InChI=1S/C20H25N3O2/c1-3-16-8-6-7-13-23(16)19-12-11-15(14-21-19)22-20(24)17-9-4-5-10-18(17)25-2/h4-5,9-12,14,16H,3,6-8,13H2,1-2H3,(H,22,24). The van der Waals surface area contributed by atoms with Crippen LogP contribution in [0.2, 0.25) is 0 Å². The van der Waals surface area contributed by atoms with E-state index in [0.717, 1.165) is 18.8 Å². The van der Waals surface area contributed by atoms with Gasteiger partial charge in [0.15, 0.2) is 0 Å². The Morgan fingerprint density at radius 1 is 1.28 bits per heavy atom. The van der Waals surface area contributed by atoms with Crippen LogP contribution in [-0.4, -0.2) is 30.6 Å². The molecule has 0 radical (unpaired) electrons. The van der Waals surface area contributed by atoms with Gasteiger partial charge in [-0.25, -0.2) is 4.98 Å². The Labute approximate surface area is 149 Å². The summed E-state index contributed by atoms with van der Waals surface area (Å²) in [5, 5.41) is 2.89. The van der Waals surface area contributed by atoms with Gasteiger partial charge >= 0.3 is 0 Å². The summed E-state index contributed by atoms with van der Waals surface area (Å²) in [7, 11) is 1.56. The number of aromatic nitrogens is 1. The van der Waals surface area contributed by atoms with Crippen molar-refractivity contribution in [1.82, 2.24) is 4.98 Å². The van der Waals surface area contributed by atoms with Gasteiger partial charge in [0.2, 0.25) is 0 Å². The van der Waals surface area contributed by atoms with E-state index in [9.17, 15) is 4.79 Å². The van der Waals surface area contributed by atoms with Crippen LogP contribution in [0.4, 0.5) is 11.5 Å². The number of methoxy groups -OCH3 is 1.